The Kier molecular flexibility index (Phi) is 30.7. The first-order valence-corrected chi connectivity index (χ1v) is 43.1. The molecule has 3 fully saturated rings. The highest BCUT2D eigenvalue weighted by molar-refractivity contribution is 7.89. The van der Waals surface area contributed by atoms with E-state index in [4.69, 9.17) is 31.3 Å². The summed E-state index contributed by atoms with van der Waals surface area (Å²) in [7, 11) is -4.53. The fourth-order valence-electron chi connectivity index (χ4n) is 16.5. The Labute approximate surface area is 695 Å². The molecule has 0 aliphatic heterocycles. The van der Waals surface area contributed by atoms with Gasteiger partial charge in [-0.2, -0.15) is 4.31 Å². The summed E-state index contributed by atoms with van der Waals surface area (Å²) in [5.74, 6) is -7.36. The summed E-state index contributed by atoms with van der Waals surface area (Å²) in [5.41, 5.74) is 12.1. The predicted molar refractivity (Wildman–Crippen MR) is 458 cm³/mol. The predicted octanol–water partition coefficient (Wildman–Crippen LogP) is 16.6. The Hall–Kier alpha value is -10.9. The first-order valence-electron chi connectivity index (χ1n) is 41.5. The fraction of sp³-hybridized carbons (Fsp3) is 0.457. The van der Waals surface area contributed by atoms with E-state index in [9.17, 15) is 18.0 Å². The zero-order valence-corrected chi connectivity index (χ0v) is 71.2. The molecule has 10 rings (SSSR count). The molecule has 0 bridgehead atoms. The third kappa shape index (κ3) is 23.1. The third-order valence-electron chi connectivity index (χ3n) is 23.4. The van der Waals surface area contributed by atoms with Crippen molar-refractivity contribution in [1.82, 2.24) is 19.8 Å². The maximum atomic E-state index is 16.1. The molecular formula is C94H117N9O14S. The Balaban J connectivity index is 0.931. The number of rotatable bonds is 31. The largest absolute Gasteiger partial charge is 0.486 e. The molecule has 7 N–H and O–H groups in total. The van der Waals surface area contributed by atoms with Gasteiger partial charge < -0.3 is 51.3 Å². The van der Waals surface area contributed by atoms with E-state index in [1.165, 1.54) is 6.07 Å². The van der Waals surface area contributed by atoms with Crippen molar-refractivity contribution in [3.63, 3.8) is 0 Å². The number of nitrogens with two attached hydrogens (primary N) is 1. The van der Waals surface area contributed by atoms with Gasteiger partial charge in [-0.3, -0.25) is 38.4 Å². The van der Waals surface area contributed by atoms with Crippen molar-refractivity contribution in [2.45, 2.75) is 211 Å². The zero-order chi connectivity index (χ0) is 85.3. The minimum absolute atomic E-state index is 0.000220. The minimum atomic E-state index is -4.53. The standard InChI is InChI=1S/C94H117N9O14S/c1-15-64-43-74(90(108)98-78-50-72(59(6)41-62(78)9)88(106)101-80-47-65(16-2)44-75(85(80)115-54-69-30-23-19-24-31-69)91(109)102(56-96-14)118(112,113)39-27-34-83(104)97-52-67-37-35-57(4)36-38-67)84(114-53-68-28-21-18-22-29-68)79(46-64)99-89(107)73-51-82(63(10)42-60(73)7)103(93(111)117-94(11,12)13)92(110)76-45-66(17-3)48-81(86(76)116-55-70-32-25-20-26-33-70)100-87(105)71-49-77(95)61(8)40-58(71)5/h18-26,28-33,35-38,43-48,58-63,71-73,77-78,82H,15-17,27,34,39-42,49-56,95H2,1-13H3,(H,97,104)(H,98,108)(H,99,107)(H,100,105)(H,101,106)/t58-,59-,60+,61+,62+,63-,71-,72-,73+,77+,78+,82-/m1/s1. The lowest BCUT2D eigenvalue weighted by atomic mass is 9.71. The molecule has 0 unspecified atom stereocenters. The van der Waals surface area contributed by atoms with E-state index in [1.54, 1.807) is 51.1 Å². The van der Waals surface area contributed by atoms with Crippen LogP contribution in [0.4, 0.5) is 21.9 Å². The lowest BCUT2D eigenvalue weighted by Gasteiger charge is -2.43. The van der Waals surface area contributed by atoms with Gasteiger partial charge in [-0.15, -0.1) is 0 Å². The van der Waals surface area contributed by atoms with Crippen LogP contribution in [0.2, 0.25) is 0 Å². The van der Waals surface area contributed by atoms with Gasteiger partial charge in [-0.1, -0.05) is 183 Å². The number of amides is 8. The van der Waals surface area contributed by atoms with Crippen molar-refractivity contribution in [3.05, 3.63) is 224 Å². The number of nitrogens with one attached hydrogen (secondary N) is 5. The van der Waals surface area contributed by atoms with E-state index < -0.39 is 93.5 Å². The molecule has 0 spiro atoms. The van der Waals surface area contributed by atoms with Crippen LogP contribution in [0, 0.1) is 66.8 Å². The van der Waals surface area contributed by atoms with Crippen LogP contribution < -0.4 is 46.5 Å². The van der Waals surface area contributed by atoms with Gasteiger partial charge in [0.25, 0.3) is 17.7 Å². The molecule has 12 atom stereocenters. The normalized spacial score (nSPS) is 21.1. The molecule has 118 heavy (non-hydrogen) atoms. The molecular weight excluding hydrogens is 1510 g/mol. The second-order valence-electron chi connectivity index (χ2n) is 33.6. The van der Waals surface area contributed by atoms with Gasteiger partial charge in [0, 0.05) is 48.8 Å². The van der Waals surface area contributed by atoms with Gasteiger partial charge in [0.05, 0.1) is 39.5 Å². The van der Waals surface area contributed by atoms with Crippen molar-refractivity contribution < 1.29 is 65.7 Å². The minimum Gasteiger partial charge on any atom is -0.486 e. The summed E-state index contributed by atoms with van der Waals surface area (Å²) in [6, 6.07) is 43.9. The van der Waals surface area contributed by atoms with Gasteiger partial charge in [-0.25, -0.2) is 24.7 Å². The summed E-state index contributed by atoms with van der Waals surface area (Å²) in [4.78, 5) is 125. The van der Waals surface area contributed by atoms with Gasteiger partial charge in [0.1, 0.15) is 25.4 Å². The number of benzene rings is 7. The van der Waals surface area contributed by atoms with E-state index in [-0.39, 0.29) is 156 Å². The average Bonchev–Trinajstić information content (AvgIpc) is 0.784. The molecule has 0 radical (unpaired) electrons. The molecule has 0 saturated heterocycles. The second kappa shape index (κ2) is 40.5. The second-order valence-corrected chi connectivity index (χ2v) is 35.6. The van der Waals surface area contributed by atoms with Crippen LogP contribution >= 0.6 is 0 Å². The highest BCUT2D eigenvalue weighted by Crippen LogP contribution is 2.45. The molecule has 0 aromatic heterocycles. The Morgan fingerprint density at radius 3 is 1.39 bits per heavy atom. The number of carbonyl (C=O) groups is 8. The molecule has 7 aromatic carbocycles. The van der Waals surface area contributed by atoms with Crippen LogP contribution in [0.1, 0.15) is 210 Å². The quantitative estimate of drug-likeness (QED) is 0.0220. The van der Waals surface area contributed by atoms with Crippen LogP contribution in [0.15, 0.2) is 152 Å². The van der Waals surface area contributed by atoms with E-state index in [0.29, 0.717) is 65.1 Å². The van der Waals surface area contributed by atoms with Crippen molar-refractivity contribution >= 4 is 74.5 Å². The van der Waals surface area contributed by atoms with E-state index in [2.05, 4.69) is 38.4 Å². The number of imide groups is 1. The lowest BCUT2D eigenvalue weighted by molar-refractivity contribution is -0.124. The van der Waals surface area contributed by atoms with Crippen LogP contribution in [0.5, 0.6) is 17.2 Å². The van der Waals surface area contributed by atoms with Gasteiger partial charge in [-0.05, 0) is 203 Å². The summed E-state index contributed by atoms with van der Waals surface area (Å²) in [6.07, 6.45) is 2.24. The first kappa shape index (κ1) is 89.4. The Morgan fingerprint density at radius 1 is 0.508 bits per heavy atom. The summed E-state index contributed by atoms with van der Waals surface area (Å²) in [6.45, 7) is 31.9. The van der Waals surface area contributed by atoms with E-state index in [1.807, 2.05) is 178 Å². The molecule has 23 nitrogen and oxygen atoms in total. The molecule has 3 aliphatic carbocycles. The van der Waals surface area contributed by atoms with Crippen LogP contribution in [-0.2, 0) is 79.6 Å². The van der Waals surface area contributed by atoms with Gasteiger partial charge in [0.2, 0.25) is 33.7 Å². The molecule has 3 aliphatic rings. The fourth-order valence-corrected chi connectivity index (χ4v) is 17.8. The average molecular weight is 1630 g/mol. The number of nitrogens with zero attached hydrogens (tertiary/aromatic N) is 3. The Morgan fingerprint density at radius 2 is 0.932 bits per heavy atom. The van der Waals surface area contributed by atoms with Crippen LogP contribution in [-0.4, -0.2) is 101 Å². The SMILES string of the molecule is [C-]#[N+]CN(C(=O)c1cc(CC)cc(NC(=O)[C@@H]2C[C@H](NC(=O)c3cc(CC)cc(NC(=O)[C@H]4C[C@@H](N(C(=O)OC(C)(C)C)C(=O)c5cc(CC)cc(NC(=O)[C@@H]6C[C@H](N)[C@@H](C)C[C@H]6C)c5OCc5ccccc5)[C@H](C)C[C@@H]4C)c3OCc3ccccc3)[C@@H](C)C[C@H]2C)c1OCc1ccccc1)S(=O)(=O)CCCC(=O)NCc1ccc(C)cc1. The topological polar surface area (TPSA) is 305 Å². The van der Waals surface area contributed by atoms with Crippen molar-refractivity contribution in [2.75, 3.05) is 28.4 Å². The van der Waals surface area contributed by atoms with E-state index >= 15 is 28.8 Å². The Bertz CT molecular complexity index is 4880. The first-order chi connectivity index (χ1) is 56.3. The lowest BCUT2D eigenvalue weighted by Crippen LogP contribution is -2.54. The van der Waals surface area contributed by atoms with Crippen LogP contribution in [0.3, 0.4) is 0 Å². The number of aryl methyl sites for hydroxylation is 4. The molecule has 7 aromatic rings. The molecule has 3 saturated carbocycles. The number of anilines is 3. The molecule has 8 amide bonds. The summed E-state index contributed by atoms with van der Waals surface area (Å²) >= 11 is 0. The molecule has 0 heterocycles. The molecule has 628 valence electrons. The summed E-state index contributed by atoms with van der Waals surface area (Å²) < 4.78 is 55.1. The number of hydrogen-bond acceptors (Lipinski definition) is 15. The molecule has 24 heteroatoms. The van der Waals surface area contributed by atoms with Crippen LogP contribution in [0.25, 0.3) is 4.85 Å². The summed E-state index contributed by atoms with van der Waals surface area (Å²) in [5, 5.41) is 15.6. The van der Waals surface area contributed by atoms with Crippen molar-refractivity contribution in [2.24, 2.45) is 59.0 Å². The van der Waals surface area contributed by atoms with Gasteiger partial charge in [0.15, 0.2) is 17.2 Å². The van der Waals surface area contributed by atoms with Gasteiger partial charge >= 0.3 is 12.8 Å². The van der Waals surface area contributed by atoms with E-state index in [0.717, 1.165) is 33.6 Å². The number of ether oxygens (including phenoxy) is 4. The zero-order valence-electron chi connectivity index (χ0n) is 70.4. The number of hydrogen-bond donors (Lipinski definition) is 6. The van der Waals surface area contributed by atoms with Crippen molar-refractivity contribution in [1.29, 1.82) is 0 Å². The maximum Gasteiger partial charge on any atom is 0.417 e. The highest BCUT2D eigenvalue weighted by atomic mass is 32.2. The monoisotopic (exact) mass is 1630 g/mol. The highest BCUT2D eigenvalue weighted by Gasteiger charge is 2.47. The smallest absolute Gasteiger partial charge is 0.417 e. The third-order valence-corrected chi connectivity index (χ3v) is 25.1. The maximum absolute atomic E-state index is 16.1. The number of carbonyl (C=O) groups excluding carboxylic acids is 8. The number of sulfonamides is 1. The van der Waals surface area contributed by atoms with Crippen molar-refractivity contribution in [3.8, 4) is 17.2 Å².